The van der Waals surface area contributed by atoms with E-state index in [0.717, 1.165) is 28.9 Å². The number of ether oxygens (including phenoxy) is 1. The molecule has 4 rings (SSSR count). The molecule has 0 bridgehead atoms. The van der Waals surface area contributed by atoms with Gasteiger partial charge in [0.25, 0.3) is 5.91 Å². The lowest BCUT2D eigenvalue weighted by Crippen LogP contribution is -2.33. The Morgan fingerprint density at radius 1 is 0.969 bits per heavy atom. The Labute approximate surface area is 196 Å². The van der Waals surface area contributed by atoms with Gasteiger partial charge in [-0.05, 0) is 81.7 Å². The van der Waals surface area contributed by atoms with Crippen LogP contribution in [0.2, 0.25) is 5.02 Å². The van der Waals surface area contributed by atoms with Crippen LogP contribution in [0.3, 0.4) is 0 Å². The number of rotatable bonds is 8. The van der Waals surface area contributed by atoms with E-state index in [2.05, 4.69) is 4.90 Å². The summed E-state index contributed by atoms with van der Waals surface area (Å²) in [6.07, 6.45) is 0.838. The first-order valence-corrected chi connectivity index (χ1v) is 11.5. The van der Waals surface area contributed by atoms with Crippen molar-refractivity contribution in [1.82, 2.24) is 9.88 Å². The number of hydrogen-bond acceptors (Lipinski definition) is 5. The van der Waals surface area contributed by atoms with Crippen molar-refractivity contribution >= 4 is 44.2 Å². The summed E-state index contributed by atoms with van der Waals surface area (Å²) in [5.74, 6) is 1.35. The van der Waals surface area contributed by atoms with Crippen molar-refractivity contribution in [3.8, 4) is 11.5 Å². The highest BCUT2D eigenvalue weighted by Gasteiger charge is 2.21. The molecule has 0 aliphatic heterocycles. The minimum Gasteiger partial charge on any atom is -0.457 e. The van der Waals surface area contributed by atoms with Crippen LogP contribution in [0, 0.1) is 0 Å². The largest absolute Gasteiger partial charge is 0.457 e. The predicted molar refractivity (Wildman–Crippen MR) is 132 cm³/mol. The fourth-order valence-electron chi connectivity index (χ4n) is 3.28. The molecule has 0 saturated heterocycles. The van der Waals surface area contributed by atoms with E-state index in [9.17, 15) is 4.79 Å². The van der Waals surface area contributed by atoms with Crippen LogP contribution in [0.25, 0.3) is 10.2 Å². The van der Waals surface area contributed by atoms with Crippen molar-refractivity contribution in [3.63, 3.8) is 0 Å². The first-order valence-electron chi connectivity index (χ1n) is 10.4. The van der Waals surface area contributed by atoms with Gasteiger partial charge in [-0.25, -0.2) is 4.98 Å². The van der Waals surface area contributed by atoms with Crippen LogP contribution in [-0.2, 0) is 0 Å². The summed E-state index contributed by atoms with van der Waals surface area (Å²) in [5.41, 5.74) is 1.43. The molecule has 0 aliphatic carbocycles. The van der Waals surface area contributed by atoms with Crippen molar-refractivity contribution in [1.29, 1.82) is 0 Å². The normalized spacial score (nSPS) is 11.1. The summed E-state index contributed by atoms with van der Waals surface area (Å²) in [4.78, 5) is 22.0. The second-order valence-corrected chi connectivity index (χ2v) is 9.11. The van der Waals surface area contributed by atoms with Crippen LogP contribution in [-0.4, -0.2) is 43.0 Å². The number of para-hydroxylation sites is 1. The van der Waals surface area contributed by atoms with E-state index in [1.807, 2.05) is 74.8 Å². The van der Waals surface area contributed by atoms with Crippen LogP contribution in [0.4, 0.5) is 5.13 Å². The molecular weight excluding hydrogens is 442 g/mol. The van der Waals surface area contributed by atoms with Crippen LogP contribution < -0.4 is 9.64 Å². The molecule has 5 nitrogen and oxygen atoms in total. The van der Waals surface area contributed by atoms with E-state index in [1.54, 1.807) is 17.0 Å². The molecule has 1 amide bonds. The van der Waals surface area contributed by atoms with E-state index >= 15 is 0 Å². The van der Waals surface area contributed by atoms with E-state index in [1.165, 1.54) is 11.3 Å². The van der Waals surface area contributed by atoms with Crippen molar-refractivity contribution in [2.75, 3.05) is 32.1 Å². The van der Waals surface area contributed by atoms with Gasteiger partial charge in [-0.2, -0.15) is 0 Å². The van der Waals surface area contributed by atoms with Gasteiger partial charge >= 0.3 is 0 Å². The molecule has 164 valence electrons. The number of benzene rings is 3. The smallest absolute Gasteiger partial charge is 0.260 e. The quantitative estimate of drug-likeness (QED) is 0.304. The highest BCUT2D eigenvalue weighted by Crippen LogP contribution is 2.32. The van der Waals surface area contributed by atoms with E-state index in [4.69, 9.17) is 21.3 Å². The Kier molecular flexibility index (Phi) is 7.05. The predicted octanol–water partition coefficient (Wildman–Crippen LogP) is 6.34. The number of thiazole rings is 1. The molecule has 0 saturated carbocycles. The molecule has 1 heterocycles. The summed E-state index contributed by atoms with van der Waals surface area (Å²) < 4.78 is 6.81. The molecule has 1 aromatic heterocycles. The number of fused-ring (bicyclic) bond motifs is 1. The van der Waals surface area contributed by atoms with Crippen molar-refractivity contribution in [2.45, 2.75) is 6.42 Å². The molecule has 0 spiro atoms. The highest BCUT2D eigenvalue weighted by molar-refractivity contribution is 7.22. The Morgan fingerprint density at radius 3 is 2.41 bits per heavy atom. The van der Waals surface area contributed by atoms with Gasteiger partial charge in [-0.1, -0.05) is 41.1 Å². The monoisotopic (exact) mass is 465 g/mol. The lowest BCUT2D eigenvalue weighted by Gasteiger charge is -2.21. The number of anilines is 1. The van der Waals surface area contributed by atoms with Crippen LogP contribution >= 0.6 is 22.9 Å². The van der Waals surface area contributed by atoms with Gasteiger partial charge in [0.05, 0.1) is 10.2 Å². The SMILES string of the molecule is CN(C)CCCN(C(=O)c1ccc(Oc2ccccc2)cc1)c1nc2ccc(Cl)cc2s1. The summed E-state index contributed by atoms with van der Waals surface area (Å²) in [7, 11) is 4.05. The van der Waals surface area contributed by atoms with Gasteiger partial charge in [-0.15, -0.1) is 0 Å². The topological polar surface area (TPSA) is 45.7 Å². The fourth-order valence-corrected chi connectivity index (χ4v) is 4.54. The average molecular weight is 466 g/mol. The minimum absolute atomic E-state index is 0.0832. The lowest BCUT2D eigenvalue weighted by molar-refractivity contribution is 0.0986. The van der Waals surface area contributed by atoms with E-state index in [-0.39, 0.29) is 5.91 Å². The van der Waals surface area contributed by atoms with Crippen molar-refractivity contribution < 1.29 is 9.53 Å². The molecule has 0 aliphatic rings. The number of amides is 1. The number of carbonyl (C=O) groups is 1. The summed E-state index contributed by atoms with van der Waals surface area (Å²) in [5, 5.41) is 1.34. The molecule has 7 heteroatoms. The first kappa shape index (κ1) is 22.3. The summed E-state index contributed by atoms with van der Waals surface area (Å²) in [6, 6.07) is 22.4. The minimum atomic E-state index is -0.0832. The zero-order valence-corrected chi connectivity index (χ0v) is 19.6. The van der Waals surface area contributed by atoms with Gasteiger partial charge in [-0.3, -0.25) is 9.69 Å². The van der Waals surface area contributed by atoms with Crippen molar-refractivity contribution in [2.24, 2.45) is 0 Å². The Hall–Kier alpha value is -2.93. The number of carbonyl (C=O) groups excluding carboxylic acids is 1. The zero-order chi connectivity index (χ0) is 22.5. The second kappa shape index (κ2) is 10.1. The molecule has 4 aromatic rings. The maximum atomic E-state index is 13.4. The van der Waals surface area contributed by atoms with Gasteiger partial charge in [0.1, 0.15) is 11.5 Å². The van der Waals surface area contributed by atoms with Gasteiger partial charge in [0.15, 0.2) is 5.13 Å². The maximum Gasteiger partial charge on any atom is 0.260 e. The first-order chi connectivity index (χ1) is 15.5. The van der Waals surface area contributed by atoms with Crippen LogP contribution in [0.5, 0.6) is 11.5 Å². The number of nitrogens with zero attached hydrogens (tertiary/aromatic N) is 3. The summed E-state index contributed by atoms with van der Waals surface area (Å²) in [6.45, 7) is 1.46. The molecule has 0 fully saturated rings. The fraction of sp³-hybridized carbons (Fsp3) is 0.200. The molecule has 0 N–H and O–H groups in total. The molecular formula is C25H24ClN3O2S. The third-order valence-corrected chi connectivity index (χ3v) is 6.16. The number of halogens is 1. The Bertz CT molecular complexity index is 1190. The van der Waals surface area contributed by atoms with Gasteiger partial charge in [0, 0.05) is 17.1 Å². The zero-order valence-electron chi connectivity index (χ0n) is 18.0. The van der Waals surface area contributed by atoms with Crippen molar-refractivity contribution in [3.05, 3.63) is 83.4 Å². The van der Waals surface area contributed by atoms with Gasteiger partial charge in [0.2, 0.25) is 0 Å². The second-order valence-electron chi connectivity index (χ2n) is 7.66. The van der Waals surface area contributed by atoms with Crippen LogP contribution in [0.1, 0.15) is 16.8 Å². The van der Waals surface area contributed by atoms with Gasteiger partial charge < -0.3 is 9.64 Å². The van der Waals surface area contributed by atoms with E-state index in [0.29, 0.717) is 28.0 Å². The average Bonchev–Trinajstić information content (AvgIpc) is 3.20. The Balaban J connectivity index is 1.57. The Morgan fingerprint density at radius 2 is 1.69 bits per heavy atom. The van der Waals surface area contributed by atoms with Crippen LogP contribution in [0.15, 0.2) is 72.8 Å². The third kappa shape index (κ3) is 5.46. The standard InChI is InChI=1S/C25H24ClN3O2S/c1-28(2)15-6-16-29(25-27-22-14-11-19(26)17-23(22)32-25)24(30)18-9-12-21(13-10-18)31-20-7-4-3-5-8-20/h3-5,7-14,17H,6,15-16H2,1-2H3. The molecule has 0 unspecified atom stereocenters. The molecule has 0 atom stereocenters. The molecule has 32 heavy (non-hydrogen) atoms. The molecule has 0 radical (unpaired) electrons. The number of aromatic nitrogens is 1. The van der Waals surface area contributed by atoms with E-state index < -0.39 is 0 Å². The number of hydrogen-bond donors (Lipinski definition) is 0. The maximum absolute atomic E-state index is 13.4. The molecule has 3 aromatic carbocycles. The lowest BCUT2D eigenvalue weighted by atomic mass is 10.2. The third-order valence-electron chi connectivity index (χ3n) is 4.88. The summed E-state index contributed by atoms with van der Waals surface area (Å²) >= 11 is 7.62. The highest BCUT2D eigenvalue weighted by atomic mass is 35.5.